The monoisotopic (exact) mass is 442 g/mol. The van der Waals surface area contributed by atoms with Gasteiger partial charge in [-0.3, -0.25) is 14.2 Å². The number of nitrogens with one attached hydrogen (secondary N) is 1. The van der Waals surface area contributed by atoms with Crippen LogP contribution in [0.3, 0.4) is 0 Å². The number of hydrogen-bond donors (Lipinski definition) is 1. The highest BCUT2D eigenvalue weighted by atomic mass is 32.2. The molecular weight excluding hydrogens is 420 g/mol. The molecule has 0 bridgehead atoms. The molecule has 4 aromatic rings. The summed E-state index contributed by atoms with van der Waals surface area (Å²) in [7, 11) is 0. The lowest BCUT2D eigenvalue weighted by molar-refractivity contribution is -0.118. The number of rotatable bonds is 6. The standard InChI is InChI=1S/C25H22N4O2S/c1-17-7-6-8-19(13-17)15-26-28-23(30)16-32-25-27-22-12-11-18(2)14-21(22)24(31)29(25)20-9-4-3-5-10-20/h3-15H,16H2,1-2H3,(H,28,30)/b26-15+. The molecule has 0 spiro atoms. The number of benzene rings is 3. The highest BCUT2D eigenvalue weighted by molar-refractivity contribution is 7.99. The van der Waals surface area contributed by atoms with E-state index < -0.39 is 0 Å². The second-order valence-corrected chi connectivity index (χ2v) is 8.33. The molecule has 1 amide bonds. The molecule has 0 aliphatic carbocycles. The van der Waals surface area contributed by atoms with Gasteiger partial charge in [-0.05, 0) is 43.7 Å². The number of fused-ring (bicyclic) bond motifs is 1. The fraction of sp³-hybridized carbons (Fsp3) is 0.120. The second-order valence-electron chi connectivity index (χ2n) is 7.39. The van der Waals surface area contributed by atoms with Gasteiger partial charge in [0.2, 0.25) is 0 Å². The van der Waals surface area contributed by atoms with E-state index in [-0.39, 0.29) is 17.2 Å². The molecule has 0 unspecified atom stereocenters. The molecule has 0 aliphatic heterocycles. The molecule has 0 fully saturated rings. The quantitative estimate of drug-likeness (QED) is 0.210. The van der Waals surface area contributed by atoms with Gasteiger partial charge in [0, 0.05) is 0 Å². The van der Waals surface area contributed by atoms with Crippen molar-refractivity contribution in [2.24, 2.45) is 5.10 Å². The third-order valence-electron chi connectivity index (χ3n) is 4.78. The molecule has 32 heavy (non-hydrogen) atoms. The zero-order valence-corrected chi connectivity index (χ0v) is 18.6. The first-order chi connectivity index (χ1) is 15.5. The van der Waals surface area contributed by atoms with Crippen LogP contribution in [0.2, 0.25) is 0 Å². The lowest BCUT2D eigenvalue weighted by atomic mass is 10.1. The van der Waals surface area contributed by atoms with Gasteiger partial charge >= 0.3 is 0 Å². The summed E-state index contributed by atoms with van der Waals surface area (Å²) in [5, 5.41) is 5.03. The predicted octanol–water partition coefficient (Wildman–Crippen LogP) is 4.24. The predicted molar refractivity (Wildman–Crippen MR) is 130 cm³/mol. The lowest BCUT2D eigenvalue weighted by Crippen LogP contribution is -2.24. The van der Waals surface area contributed by atoms with Crippen LogP contribution in [0.15, 0.2) is 87.8 Å². The molecule has 0 saturated heterocycles. The Labute approximate surface area is 190 Å². The van der Waals surface area contributed by atoms with E-state index in [9.17, 15) is 9.59 Å². The minimum atomic E-state index is -0.281. The number of thioether (sulfide) groups is 1. The van der Waals surface area contributed by atoms with Crippen molar-refractivity contribution in [3.63, 3.8) is 0 Å². The van der Waals surface area contributed by atoms with E-state index >= 15 is 0 Å². The Hall–Kier alpha value is -3.71. The highest BCUT2D eigenvalue weighted by Gasteiger charge is 2.15. The molecular formula is C25H22N4O2S. The Kier molecular flexibility index (Phi) is 6.47. The van der Waals surface area contributed by atoms with Crippen molar-refractivity contribution in [1.29, 1.82) is 0 Å². The van der Waals surface area contributed by atoms with Crippen LogP contribution < -0.4 is 11.0 Å². The topological polar surface area (TPSA) is 76.3 Å². The minimum absolute atomic E-state index is 0.0712. The molecule has 0 aliphatic rings. The summed E-state index contributed by atoms with van der Waals surface area (Å²) in [5.74, 6) is -0.210. The van der Waals surface area contributed by atoms with E-state index in [1.54, 1.807) is 10.8 Å². The van der Waals surface area contributed by atoms with Crippen LogP contribution in [0.5, 0.6) is 0 Å². The summed E-state index contributed by atoms with van der Waals surface area (Å²) in [6.45, 7) is 3.94. The van der Waals surface area contributed by atoms with Gasteiger partial charge < -0.3 is 0 Å². The van der Waals surface area contributed by atoms with Crippen LogP contribution in [-0.2, 0) is 4.79 Å². The fourth-order valence-electron chi connectivity index (χ4n) is 3.27. The molecule has 160 valence electrons. The number of carbonyl (C=O) groups excluding carboxylic acids is 1. The van der Waals surface area contributed by atoms with Crippen LogP contribution in [0.1, 0.15) is 16.7 Å². The van der Waals surface area contributed by atoms with Crippen LogP contribution in [0.25, 0.3) is 16.6 Å². The van der Waals surface area contributed by atoms with E-state index in [0.717, 1.165) is 16.7 Å². The van der Waals surface area contributed by atoms with Gasteiger partial charge in [0.25, 0.3) is 11.5 Å². The summed E-state index contributed by atoms with van der Waals surface area (Å²) >= 11 is 1.20. The van der Waals surface area contributed by atoms with Crippen molar-refractivity contribution in [2.45, 2.75) is 19.0 Å². The summed E-state index contributed by atoms with van der Waals surface area (Å²) in [5.41, 5.74) is 6.69. The van der Waals surface area contributed by atoms with Crippen LogP contribution in [-0.4, -0.2) is 27.4 Å². The Bertz CT molecular complexity index is 1360. The van der Waals surface area contributed by atoms with Crippen molar-refractivity contribution < 1.29 is 4.79 Å². The van der Waals surface area contributed by atoms with Crippen LogP contribution in [0.4, 0.5) is 0 Å². The van der Waals surface area contributed by atoms with Gasteiger partial charge in [-0.2, -0.15) is 5.10 Å². The van der Waals surface area contributed by atoms with Gasteiger partial charge in [-0.15, -0.1) is 0 Å². The molecule has 6 nitrogen and oxygen atoms in total. The first-order valence-electron chi connectivity index (χ1n) is 10.1. The van der Waals surface area contributed by atoms with Crippen molar-refractivity contribution in [1.82, 2.24) is 15.0 Å². The minimum Gasteiger partial charge on any atom is -0.272 e. The van der Waals surface area contributed by atoms with Crippen molar-refractivity contribution in [3.8, 4) is 5.69 Å². The summed E-state index contributed by atoms with van der Waals surface area (Å²) in [6, 6.07) is 22.7. The molecule has 0 saturated carbocycles. The zero-order valence-electron chi connectivity index (χ0n) is 17.8. The van der Waals surface area contributed by atoms with E-state index in [1.807, 2.05) is 86.6 Å². The van der Waals surface area contributed by atoms with Crippen LogP contribution >= 0.6 is 11.8 Å². The van der Waals surface area contributed by atoms with E-state index in [4.69, 9.17) is 0 Å². The first kappa shape index (κ1) is 21.5. The van der Waals surface area contributed by atoms with Gasteiger partial charge in [-0.1, -0.05) is 71.4 Å². The third kappa shape index (κ3) is 4.95. The zero-order chi connectivity index (χ0) is 22.5. The number of aromatic nitrogens is 2. The largest absolute Gasteiger partial charge is 0.272 e. The molecule has 4 rings (SSSR count). The molecule has 1 heterocycles. The summed E-state index contributed by atoms with van der Waals surface area (Å²) in [6.07, 6.45) is 1.60. The van der Waals surface area contributed by atoms with E-state index in [2.05, 4.69) is 15.5 Å². The van der Waals surface area contributed by atoms with Crippen molar-refractivity contribution in [2.75, 3.05) is 5.75 Å². The average Bonchev–Trinajstić information content (AvgIpc) is 2.79. The number of hydrazone groups is 1. The fourth-order valence-corrected chi connectivity index (χ4v) is 4.08. The van der Waals surface area contributed by atoms with Gasteiger partial charge in [0.1, 0.15) is 0 Å². The first-order valence-corrected chi connectivity index (χ1v) is 11.1. The number of hydrogen-bond acceptors (Lipinski definition) is 5. The summed E-state index contributed by atoms with van der Waals surface area (Å²) < 4.78 is 1.55. The molecule has 7 heteroatoms. The van der Waals surface area contributed by atoms with Gasteiger partial charge in [0.15, 0.2) is 5.16 Å². The van der Waals surface area contributed by atoms with Crippen molar-refractivity contribution in [3.05, 3.63) is 99.8 Å². The molecule has 3 aromatic carbocycles. The highest BCUT2D eigenvalue weighted by Crippen LogP contribution is 2.21. The lowest BCUT2D eigenvalue weighted by Gasteiger charge is -2.13. The Morgan fingerprint density at radius 3 is 2.59 bits per heavy atom. The number of nitrogens with zero attached hydrogens (tertiary/aromatic N) is 3. The Morgan fingerprint density at radius 2 is 1.81 bits per heavy atom. The van der Waals surface area contributed by atoms with Crippen LogP contribution in [0, 0.1) is 13.8 Å². The Balaban J connectivity index is 1.57. The number of aryl methyl sites for hydroxylation is 2. The number of carbonyl (C=O) groups is 1. The smallest absolute Gasteiger partial charge is 0.266 e. The average molecular weight is 443 g/mol. The third-order valence-corrected chi connectivity index (χ3v) is 5.72. The summed E-state index contributed by atoms with van der Waals surface area (Å²) in [4.78, 5) is 30.3. The maximum atomic E-state index is 13.3. The van der Waals surface area contributed by atoms with Crippen molar-refractivity contribution >= 4 is 34.8 Å². The van der Waals surface area contributed by atoms with E-state index in [0.29, 0.717) is 21.7 Å². The van der Waals surface area contributed by atoms with Gasteiger partial charge in [0.05, 0.1) is 28.6 Å². The Morgan fingerprint density at radius 1 is 1.03 bits per heavy atom. The number of para-hydroxylation sites is 1. The second kappa shape index (κ2) is 9.62. The normalized spacial score (nSPS) is 11.2. The van der Waals surface area contributed by atoms with E-state index in [1.165, 1.54) is 11.8 Å². The number of amides is 1. The molecule has 1 N–H and O–H groups in total. The SMILES string of the molecule is Cc1cccc(/C=N/NC(=O)CSc2nc3ccc(C)cc3c(=O)n2-c2ccccc2)c1. The maximum Gasteiger partial charge on any atom is 0.266 e. The van der Waals surface area contributed by atoms with Gasteiger partial charge in [-0.25, -0.2) is 10.4 Å². The molecule has 1 aromatic heterocycles. The molecule has 0 radical (unpaired) electrons. The maximum absolute atomic E-state index is 13.3. The molecule has 0 atom stereocenters.